The van der Waals surface area contributed by atoms with Gasteiger partial charge in [0.05, 0.1) is 20.7 Å². The van der Waals surface area contributed by atoms with Crippen LogP contribution in [0.1, 0.15) is 11.1 Å². The van der Waals surface area contributed by atoms with Crippen LogP contribution in [-0.2, 0) is 16.2 Å². The second-order valence-corrected chi connectivity index (χ2v) is 8.16. The van der Waals surface area contributed by atoms with Crippen molar-refractivity contribution < 1.29 is 24.0 Å². The van der Waals surface area contributed by atoms with Crippen LogP contribution in [0.2, 0.25) is 10.0 Å². The maximum Gasteiger partial charge on any atom is 0.335 e. The highest BCUT2D eigenvalue weighted by atomic mass is 35.5. The van der Waals surface area contributed by atoms with Gasteiger partial charge in [-0.1, -0.05) is 47.5 Å². The number of nitrogens with zero attached hydrogens (tertiary/aromatic N) is 2. The first kappa shape index (κ1) is 23.9. The Hall–Kier alpha value is -4.21. The third kappa shape index (κ3) is 5.32. The maximum absolute atomic E-state index is 13.0. The number of amides is 4. The Kier molecular flexibility index (Phi) is 6.81. The molecule has 11 heteroatoms. The van der Waals surface area contributed by atoms with Gasteiger partial charge in [0.25, 0.3) is 17.5 Å². The van der Waals surface area contributed by atoms with Gasteiger partial charge in [-0.2, -0.15) is 0 Å². The van der Waals surface area contributed by atoms with Gasteiger partial charge in [0.15, 0.2) is 0 Å². The number of hydrogen-bond acceptors (Lipinski definition) is 6. The lowest BCUT2D eigenvalue weighted by Crippen LogP contribution is -2.54. The van der Waals surface area contributed by atoms with Crippen molar-refractivity contribution in [3.8, 4) is 5.75 Å². The van der Waals surface area contributed by atoms with E-state index >= 15 is 0 Å². The molecule has 1 saturated heterocycles. The number of imide groups is 2. The van der Waals surface area contributed by atoms with Crippen LogP contribution < -0.4 is 15.0 Å². The average molecular weight is 512 g/mol. The number of barbiturate groups is 1. The fraction of sp³-hybridized carbons (Fsp3) is 0.0417. The van der Waals surface area contributed by atoms with Gasteiger partial charge in [0.2, 0.25) is 0 Å². The molecule has 0 unspecified atom stereocenters. The lowest BCUT2D eigenvalue weighted by atomic mass is 10.1. The fourth-order valence-corrected chi connectivity index (χ4v) is 3.58. The van der Waals surface area contributed by atoms with Crippen molar-refractivity contribution in [3.63, 3.8) is 0 Å². The number of rotatable bonds is 6. The van der Waals surface area contributed by atoms with E-state index in [1.165, 1.54) is 24.3 Å². The molecule has 0 atom stereocenters. The number of carbonyl (C=O) groups excluding carboxylic acids is 3. The van der Waals surface area contributed by atoms with E-state index in [1.807, 2.05) is 0 Å². The molecule has 4 rings (SSSR count). The monoisotopic (exact) mass is 511 g/mol. The number of nitro benzene ring substituents is 1. The van der Waals surface area contributed by atoms with Gasteiger partial charge in [-0.3, -0.25) is 25.0 Å². The van der Waals surface area contributed by atoms with Crippen LogP contribution in [0.15, 0.2) is 72.3 Å². The molecule has 1 heterocycles. The van der Waals surface area contributed by atoms with Gasteiger partial charge < -0.3 is 4.74 Å². The van der Waals surface area contributed by atoms with Gasteiger partial charge in [-0.15, -0.1) is 0 Å². The van der Waals surface area contributed by atoms with Crippen molar-refractivity contribution in [1.82, 2.24) is 5.32 Å². The predicted octanol–water partition coefficient (Wildman–Crippen LogP) is 5.15. The first-order valence-electron chi connectivity index (χ1n) is 10.1. The van der Waals surface area contributed by atoms with Crippen molar-refractivity contribution in [1.29, 1.82) is 0 Å². The molecule has 0 aromatic heterocycles. The molecule has 0 saturated carbocycles. The largest absolute Gasteiger partial charge is 0.489 e. The molecular formula is C24H15Cl2N3O6. The SMILES string of the molecule is O=C1NC(=O)N(c2cccc([N+](=O)[O-])c2)C(=O)/C1=C/c1ccc(OCc2ccc(Cl)c(Cl)c2)cc1. The van der Waals surface area contributed by atoms with Crippen LogP contribution in [0.3, 0.4) is 0 Å². The van der Waals surface area contributed by atoms with Gasteiger partial charge in [0, 0.05) is 12.1 Å². The Morgan fingerprint density at radius 2 is 1.71 bits per heavy atom. The Morgan fingerprint density at radius 1 is 0.971 bits per heavy atom. The number of urea groups is 1. The topological polar surface area (TPSA) is 119 Å². The number of non-ortho nitro benzene ring substituents is 1. The van der Waals surface area contributed by atoms with E-state index < -0.39 is 22.8 Å². The molecule has 0 aliphatic carbocycles. The highest BCUT2D eigenvalue weighted by Gasteiger charge is 2.37. The van der Waals surface area contributed by atoms with Crippen LogP contribution in [0.5, 0.6) is 5.75 Å². The van der Waals surface area contributed by atoms with Crippen LogP contribution in [0.25, 0.3) is 6.08 Å². The zero-order valence-electron chi connectivity index (χ0n) is 17.7. The van der Waals surface area contributed by atoms with Crippen molar-refractivity contribution >= 4 is 58.5 Å². The summed E-state index contributed by atoms with van der Waals surface area (Å²) >= 11 is 11.9. The van der Waals surface area contributed by atoms with E-state index in [0.29, 0.717) is 26.3 Å². The summed E-state index contributed by atoms with van der Waals surface area (Å²) in [5.41, 5.74) is 0.674. The van der Waals surface area contributed by atoms with E-state index in [1.54, 1.807) is 42.5 Å². The summed E-state index contributed by atoms with van der Waals surface area (Å²) < 4.78 is 5.72. The van der Waals surface area contributed by atoms with E-state index in [-0.39, 0.29) is 23.6 Å². The molecule has 4 amide bonds. The fourth-order valence-electron chi connectivity index (χ4n) is 3.26. The standard InChI is InChI=1S/C24H15Cl2N3O6/c25-20-9-6-15(11-21(20)26)13-35-18-7-4-14(5-8-18)10-19-22(30)27-24(32)28(23(19)31)16-2-1-3-17(12-16)29(33)34/h1-12H,13H2,(H,27,30,32)/b19-10+. The number of benzene rings is 3. The zero-order chi connectivity index (χ0) is 25.1. The number of halogens is 2. The highest BCUT2D eigenvalue weighted by molar-refractivity contribution is 6.42. The molecule has 3 aromatic rings. The van der Waals surface area contributed by atoms with Gasteiger partial charge in [-0.25, -0.2) is 9.69 Å². The maximum atomic E-state index is 13.0. The number of anilines is 1. The van der Waals surface area contributed by atoms with E-state index in [4.69, 9.17) is 27.9 Å². The first-order chi connectivity index (χ1) is 16.7. The molecule has 1 fully saturated rings. The van der Waals surface area contributed by atoms with Crippen molar-refractivity contribution in [2.75, 3.05) is 4.90 Å². The van der Waals surface area contributed by atoms with Crippen LogP contribution >= 0.6 is 23.2 Å². The molecular weight excluding hydrogens is 497 g/mol. The van der Waals surface area contributed by atoms with Crippen molar-refractivity contribution in [3.05, 3.63) is 104 Å². The van der Waals surface area contributed by atoms with E-state index in [0.717, 1.165) is 11.6 Å². The minimum absolute atomic E-state index is 0.0360. The number of nitro groups is 1. The van der Waals surface area contributed by atoms with Gasteiger partial charge in [0.1, 0.15) is 17.9 Å². The summed E-state index contributed by atoms with van der Waals surface area (Å²) in [6.45, 7) is 0.249. The summed E-state index contributed by atoms with van der Waals surface area (Å²) in [6, 6.07) is 15.7. The molecule has 1 N–H and O–H groups in total. The number of nitrogens with one attached hydrogen (secondary N) is 1. The highest BCUT2D eigenvalue weighted by Crippen LogP contribution is 2.26. The molecule has 0 spiro atoms. The summed E-state index contributed by atoms with van der Waals surface area (Å²) in [5.74, 6) is -1.24. The molecule has 0 bridgehead atoms. The normalized spacial score (nSPS) is 14.7. The predicted molar refractivity (Wildman–Crippen MR) is 129 cm³/mol. The summed E-state index contributed by atoms with van der Waals surface area (Å²) in [5, 5.41) is 14.0. The molecule has 1 aliphatic heterocycles. The molecule has 35 heavy (non-hydrogen) atoms. The third-order valence-electron chi connectivity index (χ3n) is 4.98. The van der Waals surface area contributed by atoms with Crippen LogP contribution in [-0.4, -0.2) is 22.8 Å². The quantitative estimate of drug-likeness (QED) is 0.211. The molecule has 9 nitrogen and oxygen atoms in total. The Labute approximate surface area is 208 Å². The molecule has 176 valence electrons. The van der Waals surface area contributed by atoms with Crippen LogP contribution in [0, 0.1) is 10.1 Å². The Balaban J connectivity index is 1.52. The van der Waals surface area contributed by atoms with Gasteiger partial charge in [-0.05, 0) is 47.5 Å². The van der Waals surface area contributed by atoms with Crippen LogP contribution in [0.4, 0.5) is 16.2 Å². The number of hydrogen-bond donors (Lipinski definition) is 1. The molecule has 0 radical (unpaired) electrons. The lowest BCUT2D eigenvalue weighted by Gasteiger charge is -2.26. The second-order valence-electron chi connectivity index (χ2n) is 7.34. The zero-order valence-corrected chi connectivity index (χ0v) is 19.2. The van der Waals surface area contributed by atoms with E-state index in [9.17, 15) is 24.5 Å². The van der Waals surface area contributed by atoms with Crippen molar-refractivity contribution in [2.24, 2.45) is 0 Å². The summed E-state index contributed by atoms with van der Waals surface area (Å²) in [7, 11) is 0. The lowest BCUT2D eigenvalue weighted by molar-refractivity contribution is -0.384. The summed E-state index contributed by atoms with van der Waals surface area (Å²) in [4.78, 5) is 48.7. The Morgan fingerprint density at radius 3 is 2.40 bits per heavy atom. The number of ether oxygens (including phenoxy) is 1. The minimum atomic E-state index is -0.997. The average Bonchev–Trinajstić information content (AvgIpc) is 2.83. The Bertz CT molecular complexity index is 1390. The molecule has 1 aliphatic rings. The third-order valence-corrected chi connectivity index (χ3v) is 5.72. The first-order valence-corrected chi connectivity index (χ1v) is 10.8. The van der Waals surface area contributed by atoms with Crippen molar-refractivity contribution in [2.45, 2.75) is 6.61 Å². The summed E-state index contributed by atoms with van der Waals surface area (Å²) in [6.07, 6.45) is 1.32. The number of carbonyl (C=O) groups is 3. The van der Waals surface area contributed by atoms with E-state index in [2.05, 4.69) is 5.32 Å². The van der Waals surface area contributed by atoms with Gasteiger partial charge >= 0.3 is 6.03 Å². The second kappa shape index (κ2) is 9.96. The molecule has 3 aromatic carbocycles. The smallest absolute Gasteiger partial charge is 0.335 e. The minimum Gasteiger partial charge on any atom is -0.489 e.